The molecule has 0 heterocycles. The molecule has 0 aliphatic heterocycles. The second-order valence-electron chi connectivity index (χ2n) is 10.0. The summed E-state index contributed by atoms with van der Waals surface area (Å²) in [6, 6.07) is 27.9. The Morgan fingerprint density at radius 3 is 1.85 bits per heavy atom. The molecule has 0 bridgehead atoms. The van der Waals surface area contributed by atoms with Crippen molar-refractivity contribution < 1.29 is 35.7 Å². The molecular weight excluding hydrogens is 573 g/mol. The summed E-state index contributed by atoms with van der Waals surface area (Å²) in [5.74, 6) is 1.42. The van der Waals surface area contributed by atoms with Gasteiger partial charge in [0.05, 0.1) is 5.56 Å². The Morgan fingerprint density at radius 1 is 0.902 bits per heavy atom. The number of benzene rings is 3. The van der Waals surface area contributed by atoms with Gasteiger partial charge in [0.15, 0.2) is 10.1 Å². The van der Waals surface area contributed by atoms with Gasteiger partial charge < -0.3 is 9.29 Å². The molecule has 222 valence electrons. The third kappa shape index (κ3) is 10.2. The maximum absolute atomic E-state index is 13.0. The molecule has 1 saturated carbocycles. The Hall–Kier alpha value is -2.82. The first-order valence-electron chi connectivity index (χ1n) is 13.4. The number of halogens is 3. The largest absolute Gasteiger partial charge is 0.743 e. The van der Waals surface area contributed by atoms with Crippen molar-refractivity contribution in [3.63, 3.8) is 0 Å². The predicted molar refractivity (Wildman–Crippen MR) is 156 cm³/mol. The number of carbonyl (C=O) groups excluding carboxylic acids is 1. The minimum Gasteiger partial charge on any atom is -0.743 e. The number of hydrogen-bond donors (Lipinski definition) is 0. The fourth-order valence-corrected chi connectivity index (χ4v) is 7.63. The van der Waals surface area contributed by atoms with E-state index in [0.717, 1.165) is 10.8 Å². The molecule has 10 heteroatoms. The van der Waals surface area contributed by atoms with Crippen molar-refractivity contribution in [3.8, 4) is 0 Å². The van der Waals surface area contributed by atoms with Crippen molar-refractivity contribution in [3.05, 3.63) is 107 Å². The Labute approximate surface area is 243 Å². The van der Waals surface area contributed by atoms with E-state index in [0.29, 0.717) is 10.9 Å². The predicted octanol–water partition coefficient (Wildman–Crippen LogP) is 6.97. The third-order valence-corrected chi connectivity index (χ3v) is 10.5. The summed E-state index contributed by atoms with van der Waals surface area (Å²) in [5.41, 5.74) is 3.84. The van der Waals surface area contributed by atoms with Crippen LogP contribution in [0.25, 0.3) is 0 Å². The summed E-state index contributed by atoms with van der Waals surface area (Å²) in [6.07, 6.45) is 3.80. The van der Waals surface area contributed by atoms with E-state index in [1.807, 2.05) is 0 Å². The summed E-state index contributed by atoms with van der Waals surface area (Å²) in [7, 11) is -5.68. The molecular formula is C31H35F3O5S2. The van der Waals surface area contributed by atoms with E-state index in [4.69, 9.17) is 0 Å². The second-order valence-corrected chi connectivity index (χ2v) is 13.8. The molecule has 0 amide bonds. The minimum atomic E-state index is -6.17. The smallest absolute Gasteiger partial charge is 0.368 e. The Balaban J connectivity index is 0.000000226. The lowest BCUT2D eigenvalue weighted by Gasteiger charge is -2.23. The van der Waals surface area contributed by atoms with Gasteiger partial charge in [0.2, 0.25) is 6.17 Å². The Bertz CT molecular complexity index is 1270. The lowest BCUT2D eigenvalue weighted by atomic mass is 10.0. The molecule has 0 saturated heterocycles. The average molecular weight is 609 g/mol. The Morgan fingerprint density at radius 2 is 1.39 bits per heavy atom. The van der Waals surface area contributed by atoms with E-state index < -0.39 is 34.1 Å². The van der Waals surface area contributed by atoms with Crippen LogP contribution >= 0.6 is 0 Å². The van der Waals surface area contributed by atoms with Crippen molar-refractivity contribution in [1.29, 1.82) is 0 Å². The molecule has 1 atom stereocenters. The van der Waals surface area contributed by atoms with E-state index in [2.05, 4.69) is 65.4 Å². The van der Waals surface area contributed by atoms with Crippen molar-refractivity contribution in [1.82, 2.24) is 0 Å². The zero-order chi connectivity index (χ0) is 29.9. The molecule has 0 aromatic heterocycles. The molecule has 1 aliphatic carbocycles. The summed E-state index contributed by atoms with van der Waals surface area (Å²) in [6.45, 7) is 0.202. The monoisotopic (exact) mass is 608 g/mol. The van der Waals surface area contributed by atoms with Crippen LogP contribution in [0, 0.1) is 6.92 Å². The van der Waals surface area contributed by atoms with Gasteiger partial charge in [-0.25, -0.2) is 17.6 Å². The van der Waals surface area contributed by atoms with E-state index in [1.165, 1.54) is 66.9 Å². The highest BCUT2D eigenvalue weighted by molar-refractivity contribution is 7.96. The van der Waals surface area contributed by atoms with Crippen molar-refractivity contribution in [2.75, 3.05) is 6.61 Å². The van der Waals surface area contributed by atoms with Gasteiger partial charge in [0.1, 0.15) is 23.4 Å². The molecule has 3 aromatic carbocycles. The number of carbonyl (C=O) groups is 1. The lowest BCUT2D eigenvalue weighted by molar-refractivity contribution is -0.0362. The van der Waals surface area contributed by atoms with Gasteiger partial charge in [-0.15, -0.1) is 0 Å². The molecule has 1 unspecified atom stereocenters. The van der Waals surface area contributed by atoms with Crippen LogP contribution in [0.1, 0.15) is 59.2 Å². The van der Waals surface area contributed by atoms with Crippen LogP contribution in [0.4, 0.5) is 13.2 Å². The SMILES string of the molecule is Cc1ccc(C(=O)OCC(F)C(F)(F)S(=O)(=O)[O-])cc1.c1ccc(C[S+](Cc2ccccc2)C2CCCCC2)cc1. The standard InChI is InChI=1S/C20H25S.C11H11F3O5S/c1-4-10-18(11-5-1)16-21(20-14-8-3-9-15-20)17-19-12-6-2-7-13-19;1-7-2-4-8(5-3-7)10(15)19-6-9(12)11(13,14)20(16,17)18/h1-2,4-7,10-13,20H,3,8-9,14-17H2;2-5,9H,6H2,1H3,(H,16,17,18)/q+1;/p-1. The van der Waals surface area contributed by atoms with Gasteiger partial charge in [-0.3, -0.25) is 0 Å². The highest BCUT2D eigenvalue weighted by atomic mass is 32.2. The number of esters is 1. The van der Waals surface area contributed by atoms with Gasteiger partial charge in [-0.2, -0.15) is 8.78 Å². The molecule has 4 rings (SSSR count). The van der Waals surface area contributed by atoms with Crippen LogP contribution in [0.3, 0.4) is 0 Å². The van der Waals surface area contributed by atoms with Gasteiger partial charge >= 0.3 is 11.2 Å². The summed E-state index contributed by atoms with van der Waals surface area (Å²) < 4.78 is 73.2. The van der Waals surface area contributed by atoms with Gasteiger partial charge in [0, 0.05) is 11.1 Å². The normalized spacial score (nSPS) is 15.1. The van der Waals surface area contributed by atoms with E-state index in [-0.39, 0.29) is 5.56 Å². The van der Waals surface area contributed by atoms with Crippen LogP contribution in [0.15, 0.2) is 84.9 Å². The fraction of sp³-hybridized carbons (Fsp3) is 0.387. The first-order chi connectivity index (χ1) is 19.5. The van der Waals surface area contributed by atoms with Crippen LogP contribution in [-0.4, -0.2) is 42.2 Å². The second kappa shape index (κ2) is 15.4. The average Bonchev–Trinajstić information content (AvgIpc) is 2.97. The van der Waals surface area contributed by atoms with E-state index in [1.54, 1.807) is 19.1 Å². The fourth-order valence-electron chi connectivity index (χ4n) is 4.44. The molecule has 1 aliphatic rings. The topological polar surface area (TPSA) is 83.5 Å². The summed E-state index contributed by atoms with van der Waals surface area (Å²) >= 11 is 0. The number of ether oxygens (including phenoxy) is 1. The molecule has 1 fully saturated rings. The maximum Gasteiger partial charge on any atom is 0.368 e. The first kappa shape index (κ1) is 32.7. The third-order valence-electron chi connectivity index (χ3n) is 6.76. The Kier molecular flexibility index (Phi) is 12.3. The number of aryl methyl sites for hydroxylation is 1. The number of hydrogen-bond acceptors (Lipinski definition) is 5. The lowest BCUT2D eigenvalue weighted by Crippen LogP contribution is -2.41. The molecule has 5 nitrogen and oxygen atoms in total. The highest BCUT2D eigenvalue weighted by Gasteiger charge is 2.48. The molecule has 41 heavy (non-hydrogen) atoms. The molecule has 0 spiro atoms. The van der Waals surface area contributed by atoms with Gasteiger partial charge in [0.25, 0.3) is 0 Å². The number of rotatable bonds is 10. The van der Waals surface area contributed by atoms with Crippen LogP contribution in [0.5, 0.6) is 0 Å². The van der Waals surface area contributed by atoms with E-state index in [9.17, 15) is 30.9 Å². The first-order valence-corrected chi connectivity index (χ1v) is 16.5. The summed E-state index contributed by atoms with van der Waals surface area (Å²) in [5, 5.41) is -4.21. The molecule has 0 radical (unpaired) electrons. The van der Waals surface area contributed by atoms with Crippen LogP contribution in [-0.2, 0) is 37.3 Å². The number of alkyl halides is 3. The quantitative estimate of drug-likeness (QED) is 0.141. The minimum absolute atomic E-state index is 0.0175. The zero-order valence-electron chi connectivity index (χ0n) is 22.9. The van der Waals surface area contributed by atoms with Crippen LogP contribution in [0.2, 0.25) is 0 Å². The van der Waals surface area contributed by atoms with Crippen LogP contribution < -0.4 is 0 Å². The van der Waals surface area contributed by atoms with Crippen molar-refractivity contribution >= 4 is 27.0 Å². The van der Waals surface area contributed by atoms with E-state index >= 15 is 0 Å². The summed E-state index contributed by atoms with van der Waals surface area (Å²) in [4.78, 5) is 11.4. The molecule has 3 aromatic rings. The van der Waals surface area contributed by atoms with Crippen molar-refractivity contribution in [2.45, 2.75) is 67.2 Å². The van der Waals surface area contributed by atoms with Crippen molar-refractivity contribution in [2.24, 2.45) is 0 Å². The van der Waals surface area contributed by atoms with Gasteiger partial charge in [-0.05, 0) is 55.6 Å². The zero-order valence-corrected chi connectivity index (χ0v) is 24.5. The maximum atomic E-state index is 13.0. The van der Waals surface area contributed by atoms with Gasteiger partial charge in [-0.1, -0.05) is 84.8 Å². The highest BCUT2D eigenvalue weighted by Crippen LogP contribution is 2.30. The molecule has 0 N–H and O–H groups in total.